The van der Waals surface area contributed by atoms with Crippen molar-refractivity contribution in [2.45, 2.75) is 43.7 Å². The number of methoxy groups -OCH3 is 1. The van der Waals surface area contributed by atoms with E-state index in [9.17, 15) is 23.1 Å². The lowest BCUT2D eigenvalue weighted by molar-refractivity contribution is -0.240. The van der Waals surface area contributed by atoms with Gasteiger partial charge in [-0.05, 0) is 24.8 Å². The zero-order valence-corrected chi connectivity index (χ0v) is 12.1. The van der Waals surface area contributed by atoms with E-state index < -0.39 is 30.1 Å². The van der Waals surface area contributed by atoms with Crippen LogP contribution in [-0.2, 0) is 9.53 Å². The quantitative estimate of drug-likeness (QED) is 0.638. The molecule has 0 aromatic heterocycles. The number of amides is 1. The molecule has 7 heteroatoms. The molecule has 21 heavy (non-hydrogen) atoms. The van der Waals surface area contributed by atoms with E-state index in [-0.39, 0.29) is 12.0 Å². The van der Waals surface area contributed by atoms with Crippen LogP contribution in [0.1, 0.15) is 19.3 Å². The summed E-state index contributed by atoms with van der Waals surface area (Å²) in [5.74, 6) is -2.38. The second kappa shape index (κ2) is 5.61. The van der Waals surface area contributed by atoms with Crippen molar-refractivity contribution in [2.24, 2.45) is 11.8 Å². The summed E-state index contributed by atoms with van der Waals surface area (Å²) in [6.45, 7) is 3.94. The molecule has 2 aliphatic rings. The monoisotopic (exact) mass is 307 g/mol. The first-order valence-corrected chi connectivity index (χ1v) is 6.93. The fraction of sp³-hybridized carbons (Fsp3) is 0.786. The summed E-state index contributed by atoms with van der Waals surface area (Å²) in [6.07, 6.45) is -5.38. The van der Waals surface area contributed by atoms with Crippen LogP contribution < -0.4 is 0 Å². The zero-order valence-electron chi connectivity index (χ0n) is 12.1. The SMILES string of the molecule is C=C1[C@@H](OC)CCC[C@@H]1[C@@H]1[C@@H]([C@H](O)C(F)(F)F)C(=O)N1C. The van der Waals surface area contributed by atoms with Crippen molar-refractivity contribution in [3.8, 4) is 0 Å². The molecule has 1 heterocycles. The molecule has 2 fully saturated rings. The van der Waals surface area contributed by atoms with Crippen LogP contribution in [0.5, 0.6) is 0 Å². The Bertz CT molecular complexity index is 438. The number of aliphatic hydroxyl groups excluding tert-OH is 1. The number of nitrogens with zero attached hydrogens (tertiary/aromatic N) is 1. The van der Waals surface area contributed by atoms with Crippen molar-refractivity contribution in [3.63, 3.8) is 0 Å². The number of hydrogen-bond acceptors (Lipinski definition) is 3. The van der Waals surface area contributed by atoms with Gasteiger partial charge in [-0.3, -0.25) is 4.79 Å². The van der Waals surface area contributed by atoms with Gasteiger partial charge in [0.1, 0.15) is 0 Å². The van der Waals surface area contributed by atoms with Gasteiger partial charge in [-0.25, -0.2) is 0 Å². The number of halogens is 3. The van der Waals surface area contributed by atoms with Crippen molar-refractivity contribution in [1.29, 1.82) is 0 Å². The summed E-state index contributed by atoms with van der Waals surface area (Å²) in [5.41, 5.74) is 0.715. The average Bonchev–Trinajstić information content (AvgIpc) is 2.43. The summed E-state index contributed by atoms with van der Waals surface area (Å²) in [4.78, 5) is 13.1. The highest BCUT2D eigenvalue weighted by Crippen LogP contribution is 2.45. The van der Waals surface area contributed by atoms with Gasteiger partial charge in [-0.1, -0.05) is 6.58 Å². The van der Waals surface area contributed by atoms with Crippen LogP contribution in [0.3, 0.4) is 0 Å². The zero-order chi connectivity index (χ0) is 15.9. The maximum Gasteiger partial charge on any atom is 0.415 e. The molecule has 5 atom stereocenters. The minimum absolute atomic E-state index is 0.198. The van der Waals surface area contributed by atoms with Crippen molar-refractivity contribution in [2.75, 3.05) is 14.2 Å². The van der Waals surface area contributed by atoms with Crippen LogP contribution >= 0.6 is 0 Å². The normalized spacial score (nSPS) is 35.6. The highest BCUT2D eigenvalue weighted by molar-refractivity contribution is 5.86. The summed E-state index contributed by atoms with van der Waals surface area (Å²) >= 11 is 0. The number of carbonyl (C=O) groups excluding carboxylic acids is 1. The Balaban J connectivity index is 2.21. The van der Waals surface area contributed by atoms with Crippen LogP contribution in [0.25, 0.3) is 0 Å². The van der Waals surface area contributed by atoms with Crippen molar-refractivity contribution in [1.82, 2.24) is 4.90 Å². The van der Waals surface area contributed by atoms with E-state index in [1.807, 2.05) is 0 Å². The fourth-order valence-electron chi connectivity index (χ4n) is 3.52. The Morgan fingerprint density at radius 3 is 2.57 bits per heavy atom. The molecule has 2 rings (SSSR count). The molecule has 0 radical (unpaired) electrons. The fourth-order valence-corrected chi connectivity index (χ4v) is 3.52. The van der Waals surface area contributed by atoms with Crippen LogP contribution in [0.15, 0.2) is 12.2 Å². The third-order valence-electron chi connectivity index (χ3n) is 4.69. The molecule has 0 unspecified atom stereocenters. The van der Waals surface area contributed by atoms with Gasteiger partial charge in [-0.2, -0.15) is 13.2 Å². The Labute approximate surface area is 121 Å². The van der Waals surface area contributed by atoms with Crippen molar-refractivity contribution < 1.29 is 27.8 Å². The topological polar surface area (TPSA) is 49.8 Å². The highest BCUT2D eigenvalue weighted by atomic mass is 19.4. The van der Waals surface area contributed by atoms with E-state index in [4.69, 9.17) is 4.74 Å². The molecule has 0 aromatic rings. The lowest BCUT2D eigenvalue weighted by Gasteiger charge is -2.52. The van der Waals surface area contributed by atoms with Gasteiger partial charge in [0.25, 0.3) is 0 Å². The molecule has 1 saturated heterocycles. The molecule has 1 N–H and O–H groups in total. The van der Waals surface area contributed by atoms with E-state index in [1.54, 1.807) is 0 Å². The van der Waals surface area contributed by atoms with Gasteiger partial charge in [0.05, 0.1) is 18.1 Å². The van der Waals surface area contributed by atoms with E-state index in [0.717, 1.165) is 12.8 Å². The lowest BCUT2D eigenvalue weighted by atomic mass is 9.68. The number of β-lactam (4-membered cyclic amide) rings is 1. The summed E-state index contributed by atoms with van der Waals surface area (Å²) in [5, 5.41) is 9.47. The van der Waals surface area contributed by atoms with Gasteiger partial charge in [-0.15, -0.1) is 0 Å². The van der Waals surface area contributed by atoms with Gasteiger partial charge in [0.15, 0.2) is 6.10 Å². The molecule has 1 aliphatic carbocycles. The van der Waals surface area contributed by atoms with Gasteiger partial charge in [0.2, 0.25) is 5.91 Å². The number of carbonyl (C=O) groups is 1. The molecule has 4 nitrogen and oxygen atoms in total. The average molecular weight is 307 g/mol. The second-order valence-electron chi connectivity index (χ2n) is 5.79. The molecule has 1 aliphatic heterocycles. The molecule has 0 bridgehead atoms. The van der Waals surface area contributed by atoms with Crippen LogP contribution in [-0.4, -0.2) is 54.5 Å². The Morgan fingerprint density at radius 2 is 2.05 bits per heavy atom. The predicted molar refractivity (Wildman–Crippen MR) is 69.4 cm³/mol. The van der Waals surface area contributed by atoms with E-state index in [0.29, 0.717) is 12.0 Å². The molecular formula is C14H20F3NO3. The molecule has 0 spiro atoms. The summed E-state index contributed by atoms with van der Waals surface area (Å²) in [7, 11) is 3.01. The number of likely N-dealkylation sites (tertiary alicyclic amines) is 1. The Morgan fingerprint density at radius 1 is 1.43 bits per heavy atom. The maximum atomic E-state index is 12.7. The summed E-state index contributed by atoms with van der Waals surface area (Å²) < 4.78 is 43.5. The minimum atomic E-state index is -4.80. The number of rotatable bonds is 3. The first-order chi connectivity index (χ1) is 9.70. The minimum Gasteiger partial charge on any atom is -0.383 e. The second-order valence-corrected chi connectivity index (χ2v) is 5.79. The molecule has 0 aromatic carbocycles. The van der Waals surface area contributed by atoms with Crippen LogP contribution in [0.2, 0.25) is 0 Å². The van der Waals surface area contributed by atoms with E-state index >= 15 is 0 Å². The van der Waals surface area contributed by atoms with E-state index in [1.165, 1.54) is 19.1 Å². The van der Waals surface area contributed by atoms with Crippen LogP contribution in [0, 0.1) is 11.8 Å². The van der Waals surface area contributed by atoms with Gasteiger partial charge < -0.3 is 14.7 Å². The number of hydrogen-bond donors (Lipinski definition) is 1. The third kappa shape index (κ3) is 2.68. The smallest absolute Gasteiger partial charge is 0.383 e. The standard InChI is InChI=1S/C14H20F3NO3/c1-7-8(5-4-6-9(7)21-3)11-10(13(20)18(11)2)12(19)14(15,16)17/h8-12,19H,1,4-6H2,2-3H3/t8-,9-,10-,11+,12-/m0/s1. The Kier molecular flexibility index (Phi) is 4.35. The Hall–Kier alpha value is -1.08. The van der Waals surface area contributed by atoms with Crippen LogP contribution in [0.4, 0.5) is 13.2 Å². The molecule has 1 amide bonds. The number of ether oxygens (including phenoxy) is 1. The lowest BCUT2D eigenvalue weighted by Crippen LogP contribution is -2.68. The molecular weight excluding hydrogens is 287 g/mol. The van der Waals surface area contributed by atoms with Crippen molar-refractivity contribution >= 4 is 5.91 Å². The molecule has 1 saturated carbocycles. The first kappa shape index (κ1) is 16.3. The number of alkyl halides is 3. The summed E-state index contributed by atoms with van der Waals surface area (Å²) in [6, 6.07) is -0.667. The molecule has 120 valence electrons. The third-order valence-corrected chi connectivity index (χ3v) is 4.69. The van der Waals surface area contributed by atoms with Gasteiger partial charge >= 0.3 is 6.18 Å². The first-order valence-electron chi connectivity index (χ1n) is 6.93. The maximum absolute atomic E-state index is 12.7. The predicted octanol–water partition coefficient (Wildman–Crippen LogP) is 1.74. The van der Waals surface area contributed by atoms with Gasteiger partial charge in [0, 0.05) is 20.1 Å². The van der Waals surface area contributed by atoms with Crippen molar-refractivity contribution in [3.05, 3.63) is 12.2 Å². The van der Waals surface area contributed by atoms with E-state index in [2.05, 4.69) is 6.58 Å². The highest BCUT2D eigenvalue weighted by Gasteiger charge is 2.60. The number of aliphatic hydroxyl groups is 1. The largest absolute Gasteiger partial charge is 0.415 e.